The average Bonchev–Trinajstić information content (AvgIpc) is 3.19. The van der Waals surface area contributed by atoms with Crippen molar-refractivity contribution in [3.8, 4) is 6.07 Å². The van der Waals surface area contributed by atoms with Crippen molar-refractivity contribution >= 4 is 23.8 Å². The summed E-state index contributed by atoms with van der Waals surface area (Å²) in [7, 11) is 0. The van der Waals surface area contributed by atoms with Crippen LogP contribution in [0.15, 0.2) is 41.6 Å². The zero-order valence-electron chi connectivity index (χ0n) is 19.4. The first-order valence-electron chi connectivity index (χ1n) is 11.2. The van der Waals surface area contributed by atoms with Crippen molar-refractivity contribution < 1.29 is 9.59 Å². The van der Waals surface area contributed by atoms with E-state index in [2.05, 4.69) is 41.8 Å². The predicted molar refractivity (Wildman–Crippen MR) is 126 cm³/mol. The van der Waals surface area contributed by atoms with Gasteiger partial charge in [-0.15, -0.1) is 0 Å². The highest BCUT2D eigenvalue weighted by molar-refractivity contribution is 6.12. The molecule has 1 aromatic heterocycles. The molecule has 1 aromatic carbocycles. The number of hydrogen-bond acceptors (Lipinski definition) is 6. The molecule has 0 N–H and O–H groups in total. The van der Waals surface area contributed by atoms with E-state index in [-0.39, 0.29) is 11.8 Å². The van der Waals surface area contributed by atoms with Crippen LogP contribution in [0.5, 0.6) is 0 Å². The molecule has 8 heteroatoms. The molecule has 2 aromatic rings. The Morgan fingerprint density at radius 3 is 2.61 bits per heavy atom. The second kappa shape index (κ2) is 9.12. The van der Waals surface area contributed by atoms with E-state index in [0.717, 1.165) is 17.7 Å². The highest BCUT2D eigenvalue weighted by atomic mass is 16.2. The number of aromatic nitrogens is 1. The number of carbonyl (C=O) groups excluding carboxylic acids is 2. The number of benzene rings is 1. The maximum Gasteiger partial charge on any atom is 0.261 e. The minimum absolute atomic E-state index is 0.0494. The van der Waals surface area contributed by atoms with Gasteiger partial charge in [0.15, 0.2) is 5.82 Å². The van der Waals surface area contributed by atoms with Crippen LogP contribution in [0.25, 0.3) is 0 Å². The summed E-state index contributed by atoms with van der Waals surface area (Å²) in [5.74, 6) is -0.418. The van der Waals surface area contributed by atoms with Crippen LogP contribution in [0.2, 0.25) is 0 Å². The van der Waals surface area contributed by atoms with Gasteiger partial charge in [-0.25, -0.2) is 4.98 Å². The summed E-state index contributed by atoms with van der Waals surface area (Å²) in [5.41, 5.74) is 2.73. The lowest BCUT2D eigenvalue weighted by molar-refractivity contribution is -0.118. The number of nitriles is 1. The molecule has 170 valence electrons. The summed E-state index contributed by atoms with van der Waals surface area (Å²) in [4.78, 5) is 34.6. The summed E-state index contributed by atoms with van der Waals surface area (Å²) >= 11 is 0. The summed E-state index contributed by atoms with van der Waals surface area (Å²) in [5, 5.41) is 14.6. The summed E-state index contributed by atoms with van der Waals surface area (Å²) in [6, 6.07) is 11.5. The molecule has 8 nitrogen and oxygen atoms in total. The van der Waals surface area contributed by atoms with Gasteiger partial charge < -0.3 is 4.90 Å². The Bertz CT molecular complexity index is 1130. The molecule has 1 fully saturated rings. The van der Waals surface area contributed by atoms with Gasteiger partial charge in [-0.1, -0.05) is 6.07 Å². The number of anilines is 1. The molecule has 33 heavy (non-hydrogen) atoms. The quantitative estimate of drug-likeness (QED) is 0.723. The molecule has 0 radical (unpaired) electrons. The lowest BCUT2D eigenvalue weighted by atomic mass is 9.94. The van der Waals surface area contributed by atoms with Crippen molar-refractivity contribution in [1.29, 1.82) is 5.26 Å². The number of nitrogens with zero attached hydrogens (tertiary/aromatic N) is 6. The van der Waals surface area contributed by atoms with Crippen LogP contribution in [0.1, 0.15) is 53.7 Å². The van der Waals surface area contributed by atoms with Crippen LogP contribution in [-0.4, -0.2) is 64.5 Å². The number of carbonyl (C=O) groups is 2. The molecule has 2 unspecified atom stereocenters. The van der Waals surface area contributed by atoms with Gasteiger partial charge in [0.2, 0.25) is 0 Å². The van der Waals surface area contributed by atoms with Crippen LogP contribution >= 0.6 is 0 Å². The van der Waals surface area contributed by atoms with E-state index in [1.807, 2.05) is 11.8 Å². The van der Waals surface area contributed by atoms with Gasteiger partial charge >= 0.3 is 0 Å². The number of amides is 2. The first kappa shape index (κ1) is 22.6. The number of pyridine rings is 1. The number of rotatable bonds is 4. The summed E-state index contributed by atoms with van der Waals surface area (Å²) in [6.07, 6.45) is 3.10. The fraction of sp³-hybridized carbons (Fsp3) is 0.400. The zero-order valence-corrected chi connectivity index (χ0v) is 19.4. The highest BCUT2D eigenvalue weighted by Crippen LogP contribution is 2.28. The molecule has 2 aliphatic rings. The fourth-order valence-electron chi connectivity index (χ4n) is 4.61. The van der Waals surface area contributed by atoms with E-state index in [9.17, 15) is 9.59 Å². The van der Waals surface area contributed by atoms with E-state index < -0.39 is 5.92 Å². The van der Waals surface area contributed by atoms with Crippen molar-refractivity contribution in [3.63, 3.8) is 0 Å². The normalized spacial score (nSPS) is 21.0. The molecule has 0 spiro atoms. The predicted octanol–water partition coefficient (Wildman–Crippen LogP) is 2.93. The molecular weight excluding hydrogens is 416 g/mol. The molecule has 1 saturated heterocycles. The van der Waals surface area contributed by atoms with Crippen LogP contribution in [0.3, 0.4) is 0 Å². The largest absolute Gasteiger partial charge is 0.336 e. The summed E-state index contributed by atoms with van der Waals surface area (Å²) < 4.78 is 0. The smallest absolute Gasteiger partial charge is 0.261 e. The number of piperazine rings is 1. The number of aryl methyl sites for hydroxylation is 1. The molecule has 2 atom stereocenters. The summed E-state index contributed by atoms with van der Waals surface area (Å²) in [6.45, 7) is 10.6. The van der Waals surface area contributed by atoms with Crippen molar-refractivity contribution in [2.75, 3.05) is 24.6 Å². The Balaban J connectivity index is 1.45. The van der Waals surface area contributed by atoms with Crippen LogP contribution in [-0.2, 0) is 4.79 Å². The standard InChI is InChI=1S/C25H28N6O2/c1-16(2)30-10-9-29(15-18(30)4)24(32)20-6-8-23(27-13-20)31-25(33)22(14-28-31)21-7-5-19(12-26)11-17(21)3/h5-8,11,13-14,16,18,22H,9-10,15H2,1-4H3. The lowest BCUT2D eigenvalue weighted by Crippen LogP contribution is -2.55. The van der Waals surface area contributed by atoms with E-state index in [1.165, 1.54) is 11.2 Å². The highest BCUT2D eigenvalue weighted by Gasteiger charge is 2.33. The monoisotopic (exact) mass is 444 g/mol. The lowest BCUT2D eigenvalue weighted by Gasteiger charge is -2.42. The van der Waals surface area contributed by atoms with Gasteiger partial charge in [-0.3, -0.25) is 14.5 Å². The van der Waals surface area contributed by atoms with E-state index >= 15 is 0 Å². The molecule has 0 aliphatic carbocycles. The van der Waals surface area contributed by atoms with E-state index in [1.54, 1.807) is 36.5 Å². The maximum absolute atomic E-state index is 13.0. The maximum atomic E-state index is 13.0. The Kier molecular flexibility index (Phi) is 6.25. The number of hydrazone groups is 1. The molecule has 4 rings (SSSR count). The first-order valence-corrected chi connectivity index (χ1v) is 11.2. The molecule has 3 heterocycles. The Hall–Kier alpha value is -3.57. The van der Waals surface area contributed by atoms with Gasteiger partial charge in [0.1, 0.15) is 5.92 Å². The van der Waals surface area contributed by atoms with Crippen LogP contribution in [0.4, 0.5) is 5.82 Å². The van der Waals surface area contributed by atoms with Gasteiger partial charge in [0.05, 0.1) is 17.2 Å². The van der Waals surface area contributed by atoms with Gasteiger partial charge in [0, 0.05) is 44.1 Å². The van der Waals surface area contributed by atoms with Gasteiger partial charge in [0.25, 0.3) is 11.8 Å². The van der Waals surface area contributed by atoms with Gasteiger partial charge in [-0.05, 0) is 63.1 Å². The molecular formula is C25H28N6O2. The van der Waals surface area contributed by atoms with Crippen LogP contribution < -0.4 is 5.01 Å². The van der Waals surface area contributed by atoms with Crippen LogP contribution in [0, 0.1) is 18.3 Å². The van der Waals surface area contributed by atoms with Crippen molar-refractivity contribution in [2.24, 2.45) is 5.10 Å². The zero-order chi connectivity index (χ0) is 23.7. The molecule has 0 saturated carbocycles. The minimum Gasteiger partial charge on any atom is -0.336 e. The Morgan fingerprint density at radius 2 is 2.00 bits per heavy atom. The Labute approximate surface area is 194 Å². The second-order valence-electron chi connectivity index (χ2n) is 8.91. The topological polar surface area (TPSA) is 92.9 Å². The third kappa shape index (κ3) is 4.37. The minimum atomic E-state index is -0.528. The van der Waals surface area contributed by atoms with E-state index in [4.69, 9.17) is 5.26 Å². The van der Waals surface area contributed by atoms with E-state index in [0.29, 0.717) is 42.1 Å². The molecule has 0 bridgehead atoms. The average molecular weight is 445 g/mol. The Morgan fingerprint density at radius 1 is 1.21 bits per heavy atom. The first-order chi connectivity index (χ1) is 15.8. The van der Waals surface area contributed by atoms with Crippen molar-refractivity contribution in [3.05, 3.63) is 58.8 Å². The fourth-order valence-corrected chi connectivity index (χ4v) is 4.61. The van der Waals surface area contributed by atoms with Crippen molar-refractivity contribution in [2.45, 2.75) is 45.7 Å². The van der Waals surface area contributed by atoms with Gasteiger partial charge in [-0.2, -0.15) is 15.4 Å². The third-order valence-electron chi connectivity index (χ3n) is 6.38. The molecule has 2 amide bonds. The second-order valence-corrected chi connectivity index (χ2v) is 8.91. The SMILES string of the molecule is Cc1cc(C#N)ccc1C1C=NN(c2ccc(C(=O)N3CCN(C(C)C)C(C)C3)cn2)C1=O. The molecule has 2 aliphatic heterocycles. The van der Waals surface area contributed by atoms with Crippen molar-refractivity contribution in [1.82, 2.24) is 14.8 Å². The third-order valence-corrected chi connectivity index (χ3v) is 6.38. The number of hydrogen-bond donors (Lipinski definition) is 0.